The maximum atomic E-state index is 6.25. The molecule has 0 amide bonds. The Labute approximate surface area is 137 Å². The summed E-state index contributed by atoms with van der Waals surface area (Å²) < 4.78 is 0. The molecule has 0 unspecified atom stereocenters. The number of hydrogen-bond donors (Lipinski definition) is 1. The molecule has 116 valence electrons. The van der Waals surface area contributed by atoms with E-state index in [1.807, 2.05) is 12.1 Å². The molecule has 1 aromatic carbocycles. The van der Waals surface area contributed by atoms with Crippen molar-refractivity contribution in [1.82, 2.24) is 9.80 Å². The van der Waals surface area contributed by atoms with Crippen LogP contribution in [0.2, 0.25) is 5.02 Å². The summed E-state index contributed by atoms with van der Waals surface area (Å²) in [5, 5.41) is 0.634. The molecule has 1 fully saturated rings. The lowest BCUT2D eigenvalue weighted by Crippen LogP contribution is -2.48. The average Bonchev–Trinajstić information content (AvgIpc) is 2.45. The van der Waals surface area contributed by atoms with Crippen molar-refractivity contribution in [1.29, 1.82) is 0 Å². The van der Waals surface area contributed by atoms with E-state index in [9.17, 15) is 0 Å². The summed E-state index contributed by atoms with van der Waals surface area (Å²) in [7, 11) is 4.23. The van der Waals surface area contributed by atoms with Crippen LogP contribution in [0, 0.1) is 0 Å². The number of benzene rings is 1. The fourth-order valence-electron chi connectivity index (χ4n) is 2.47. The topological polar surface area (TPSA) is 35.7 Å². The van der Waals surface area contributed by atoms with Crippen LogP contribution in [0.15, 0.2) is 18.2 Å². The number of nitrogens with zero attached hydrogens (tertiary/aromatic N) is 3. The Morgan fingerprint density at radius 1 is 1.29 bits per heavy atom. The summed E-state index contributed by atoms with van der Waals surface area (Å²) in [6.45, 7) is 6.45. The molecule has 1 heterocycles. The summed E-state index contributed by atoms with van der Waals surface area (Å²) in [6.07, 6.45) is 0. The Morgan fingerprint density at radius 3 is 2.48 bits per heavy atom. The molecule has 0 aromatic heterocycles. The first-order valence-corrected chi connectivity index (χ1v) is 7.97. The lowest BCUT2D eigenvalue weighted by molar-refractivity contribution is 0.229. The lowest BCUT2D eigenvalue weighted by Gasteiger charge is -2.36. The van der Waals surface area contributed by atoms with Gasteiger partial charge in [0.2, 0.25) is 0 Å². The molecule has 0 radical (unpaired) electrons. The highest BCUT2D eigenvalue weighted by atomic mass is 35.5. The normalized spacial score (nSPS) is 16.5. The summed E-state index contributed by atoms with van der Waals surface area (Å²) in [6, 6.07) is 5.93. The van der Waals surface area contributed by atoms with E-state index >= 15 is 0 Å². The number of thiocarbonyl (C=S) groups is 1. The second kappa shape index (κ2) is 7.40. The van der Waals surface area contributed by atoms with E-state index in [1.54, 1.807) is 0 Å². The lowest BCUT2D eigenvalue weighted by atomic mass is 10.1. The van der Waals surface area contributed by atoms with Crippen molar-refractivity contribution in [3.8, 4) is 0 Å². The Hall–Kier alpha value is -0.880. The molecule has 1 aliphatic heterocycles. The van der Waals surface area contributed by atoms with Crippen molar-refractivity contribution in [2.45, 2.75) is 0 Å². The Bertz CT molecular complexity index is 498. The summed E-state index contributed by atoms with van der Waals surface area (Å²) in [5.74, 6) is 0. The van der Waals surface area contributed by atoms with E-state index in [-0.39, 0.29) is 0 Å². The molecular weight excluding hydrogens is 304 g/mol. The SMILES string of the molecule is CN(C)CCN1CCN(c2ccc(C(N)=S)c(Cl)c2)CC1. The quantitative estimate of drug-likeness (QED) is 0.833. The molecule has 2 N–H and O–H groups in total. The number of hydrogen-bond acceptors (Lipinski definition) is 4. The second-order valence-corrected chi connectivity index (χ2v) is 6.51. The zero-order valence-corrected chi connectivity index (χ0v) is 14.3. The van der Waals surface area contributed by atoms with E-state index in [0.717, 1.165) is 50.5 Å². The van der Waals surface area contributed by atoms with Crippen LogP contribution in [0.25, 0.3) is 0 Å². The number of piperazine rings is 1. The third kappa shape index (κ3) is 4.54. The fraction of sp³-hybridized carbons (Fsp3) is 0.533. The van der Waals surface area contributed by atoms with Crippen molar-refractivity contribution in [2.75, 3.05) is 58.3 Å². The maximum absolute atomic E-state index is 6.25. The van der Waals surface area contributed by atoms with Gasteiger partial charge >= 0.3 is 0 Å². The van der Waals surface area contributed by atoms with Gasteiger partial charge in [-0.05, 0) is 32.3 Å². The van der Waals surface area contributed by atoms with Gasteiger partial charge in [-0.25, -0.2) is 0 Å². The average molecular weight is 327 g/mol. The molecule has 0 spiro atoms. The van der Waals surface area contributed by atoms with Crippen molar-refractivity contribution in [3.63, 3.8) is 0 Å². The Kier molecular flexibility index (Phi) is 5.81. The van der Waals surface area contributed by atoms with Crippen LogP contribution in [0.5, 0.6) is 0 Å². The first-order chi connectivity index (χ1) is 9.97. The van der Waals surface area contributed by atoms with Crippen molar-refractivity contribution in [2.24, 2.45) is 5.73 Å². The molecule has 0 atom stereocenters. The molecule has 4 nitrogen and oxygen atoms in total. The molecule has 6 heteroatoms. The standard InChI is InChI=1S/C15H23ClN4S/c1-18(2)5-6-19-7-9-20(10-8-19)12-3-4-13(15(17)21)14(16)11-12/h3-4,11H,5-10H2,1-2H3,(H2,17,21). The van der Waals surface area contributed by atoms with Crippen LogP contribution in [0.3, 0.4) is 0 Å². The van der Waals surface area contributed by atoms with Gasteiger partial charge in [0.15, 0.2) is 0 Å². The molecular formula is C15H23ClN4S. The number of anilines is 1. The zero-order chi connectivity index (χ0) is 15.4. The minimum absolute atomic E-state index is 0.347. The summed E-state index contributed by atoms with van der Waals surface area (Å²) >= 11 is 11.2. The van der Waals surface area contributed by atoms with E-state index in [0.29, 0.717) is 10.0 Å². The fourth-order valence-corrected chi connectivity index (χ4v) is 2.98. The first kappa shape index (κ1) is 16.5. The van der Waals surface area contributed by atoms with Crippen LogP contribution in [0.1, 0.15) is 5.56 Å². The smallest absolute Gasteiger partial charge is 0.105 e. The van der Waals surface area contributed by atoms with Gasteiger partial charge in [-0.15, -0.1) is 0 Å². The third-order valence-electron chi connectivity index (χ3n) is 3.82. The minimum Gasteiger partial charge on any atom is -0.389 e. The highest BCUT2D eigenvalue weighted by Gasteiger charge is 2.18. The molecule has 21 heavy (non-hydrogen) atoms. The van der Waals surface area contributed by atoms with Crippen LogP contribution in [-0.2, 0) is 0 Å². The Balaban J connectivity index is 1.93. The minimum atomic E-state index is 0.347. The van der Waals surface area contributed by atoms with Gasteiger partial charge in [-0.1, -0.05) is 23.8 Å². The monoisotopic (exact) mass is 326 g/mol. The molecule has 2 rings (SSSR count). The summed E-state index contributed by atoms with van der Waals surface area (Å²) in [4.78, 5) is 7.43. The van der Waals surface area contributed by atoms with Gasteiger partial charge in [0.1, 0.15) is 4.99 Å². The van der Waals surface area contributed by atoms with E-state index in [1.165, 1.54) is 0 Å². The first-order valence-electron chi connectivity index (χ1n) is 7.19. The van der Waals surface area contributed by atoms with E-state index < -0.39 is 0 Å². The number of likely N-dealkylation sites (N-methyl/N-ethyl adjacent to an activating group) is 1. The predicted octanol–water partition coefficient (Wildman–Crippen LogP) is 1.66. The van der Waals surface area contributed by atoms with Gasteiger partial charge in [-0.2, -0.15) is 0 Å². The van der Waals surface area contributed by atoms with Gasteiger partial charge in [0.25, 0.3) is 0 Å². The van der Waals surface area contributed by atoms with Crippen LogP contribution < -0.4 is 10.6 Å². The molecule has 0 aliphatic carbocycles. The summed E-state index contributed by atoms with van der Waals surface area (Å²) in [5.41, 5.74) is 7.54. The number of halogens is 1. The van der Waals surface area contributed by atoms with Crippen molar-refractivity contribution in [3.05, 3.63) is 28.8 Å². The van der Waals surface area contributed by atoms with Gasteiger partial charge in [0.05, 0.1) is 5.02 Å². The van der Waals surface area contributed by atoms with Gasteiger partial charge in [0, 0.05) is 50.5 Å². The molecule has 0 bridgehead atoms. The number of nitrogens with two attached hydrogens (primary N) is 1. The Morgan fingerprint density at radius 2 is 1.95 bits per heavy atom. The zero-order valence-electron chi connectivity index (χ0n) is 12.7. The van der Waals surface area contributed by atoms with Gasteiger partial charge in [-0.3, -0.25) is 4.90 Å². The van der Waals surface area contributed by atoms with Crippen LogP contribution >= 0.6 is 23.8 Å². The molecule has 1 aliphatic rings. The van der Waals surface area contributed by atoms with Gasteiger partial charge < -0.3 is 15.5 Å². The van der Waals surface area contributed by atoms with Crippen molar-refractivity contribution < 1.29 is 0 Å². The predicted molar refractivity (Wildman–Crippen MR) is 94.5 cm³/mol. The molecule has 1 aromatic rings. The highest BCUT2D eigenvalue weighted by Crippen LogP contribution is 2.24. The van der Waals surface area contributed by atoms with Crippen LogP contribution in [-0.4, -0.2) is 68.2 Å². The van der Waals surface area contributed by atoms with Crippen molar-refractivity contribution >= 4 is 34.5 Å². The maximum Gasteiger partial charge on any atom is 0.105 e. The second-order valence-electron chi connectivity index (χ2n) is 5.66. The molecule has 1 saturated heterocycles. The van der Waals surface area contributed by atoms with E-state index in [4.69, 9.17) is 29.6 Å². The van der Waals surface area contributed by atoms with E-state index in [2.05, 4.69) is 34.9 Å². The largest absolute Gasteiger partial charge is 0.389 e. The highest BCUT2D eigenvalue weighted by molar-refractivity contribution is 7.80. The third-order valence-corrected chi connectivity index (χ3v) is 4.35. The number of rotatable bonds is 5. The van der Waals surface area contributed by atoms with Crippen LogP contribution in [0.4, 0.5) is 5.69 Å². The molecule has 0 saturated carbocycles.